The maximum absolute atomic E-state index is 11.0. The highest BCUT2D eigenvalue weighted by Gasteiger charge is 2.16. The van der Waals surface area contributed by atoms with E-state index in [-0.39, 0.29) is 10.6 Å². The molecule has 1 aromatic rings. The number of nitro benzene ring substituents is 1. The Morgan fingerprint density at radius 3 is 2.65 bits per heavy atom. The third kappa shape index (κ3) is 3.71. The van der Waals surface area contributed by atoms with Crippen molar-refractivity contribution < 1.29 is 4.92 Å². The van der Waals surface area contributed by atoms with Gasteiger partial charge in [-0.1, -0.05) is 19.1 Å². The zero-order valence-corrected chi connectivity index (χ0v) is 10.6. The second-order valence-corrected chi connectivity index (χ2v) is 4.23. The second kappa shape index (κ2) is 6.20. The first-order valence-corrected chi connectivity index (χ1v) is 5.71. The average Bonchev–Trinajstić information content (AvgIpc) is 2.26. The zero-order chi connectivity index (χ0) is 12.8. The zero-order valence-electron chi connectivity index (χ0n) is 10.6. The molecule has 1 N–H and O–H groups in total. The molecule has 0 aromatic heterocycles. The first kappa shape index (κ1) is 13.4. The van der Waals surface area contributed by atoms with Crippen molar-refractivity contribution in [2.24, 2.45) is 0 Å². The van der Waals surface area contributed by atoms with Crippen LogP contribution in [0.2, 0.25) is 0 Å². The van der Waals surface area contributed by atoms with E-state index in [2.05, 4.69) is 5.32 Å². The van der Waals surface area contributed by atoms with Crippen molar-refractivity contribution in [1.82, 2.24) is 4.90 Å². The molecule has 94 valence electrons. The molecule has 0 unspecified atom stereocenters. The van der Waals surface area contributed by atoms with Gasteiger partial charge in [0.05, 0.1) is 4.92 Å². The van der Waals surface area contributed by atoms with Gasteiger partial charge >= 0.3 is 0 Å². The molecule has 1 rings (SSSR count). The van der Waals surface area contributed by atoms with Crippen LogP contribution in [-0.4, -0.2) is 30.5 Å². The normalized spacial score (nSPS) is 10.6. The van der Waals surface area contributed by atoms with Crippen molar-refractivity contribution in [2.75, 3.05) is 26.0 Å². The largest absolute Gasteiger partial charge is 0.379 e. The van der Waals surface area contributed by atoms with Crippen molar-refractivity contribution in [1.29, 1.82) is 0 Å². The van der Waals surface area contributed by atoms with Crippen LogP contribution in [-0.2, 0) is 6.54 Å². The van der Waals surface area contributed by atoms with Gasteiger partial charge in [-0.25, -0.2) is 0 Å². The van der Waals surface area contributed by atoms with Crippen molar-refractivity contribution >= 4 is 11.4 Å². The van der Waals surface area contributed by atoms with E-state index >= 15 is 0 Å². The quantitative estimate of drug-likeness (QED) is 0.610. The highest BCUT2D eigenvalue weighted by Crippen LogP contribution is 2.28. The van der Waals surface area contributed by atoms with E-state index in [1.807, 2.05) is 32.0 Å². The molecule has 0 heterocycles. The molecule has 0 bridgehead atoms. The van der Waals surface area contributed by atoms with Crippen LogP contribution in [0.25, 0.3) is 0 Å². The molecule has 0 aliphatic carbocycles. The van der Waals surface area contributed by atoms with Gasteiger partial charge in [0.15, 0.2) is 0 Å². The molecule has 0 spiro atoms. The summed E-state index contributed by atoms with van der Waals surface area (Å²) in [6, 6.07) is 5.19. The number of nitrogens with one attached hydrogen (secondary N) is 1. The van der Waals surface area contributed by atoms with Gasteiger partial charge in [-0.05, 0) is 26.1 Å². The second-order valence-electron chi connectivity index (χ2n) is 4.23. The van der Waals surface area contributed by atoms with Crippen LogP contribution >= 0.6 is 0 Å². The Balaban J connectivity index is 3.09. The Kier molecular flexibility index (Phi) is 4.90. The standard InChI is InChI=1S/C12H19N3O2/c1-4-8-13-12-10(9-14(2)3)6-5-7-11(12)15(16)17/h5-7,13H,4,8-9H2,1-3H3. The fourth-order valence-corrected chi connectivity index (χ4v) is 1.67. The summed E-state index contributed by atoms with van der Waals surface area (Å²) in [5.41, 5.74) is 1.75. The van der Waals surface area contributed by atoms with Gasteiger partial charge in [0.2, 0.25) is 0 Å². The molecule has 0 aliphatic rings. The number of para-hydroxylation sites is 1. The molecule has 5 heteroatoms. The first-order valence-electron chi connectivity index (χ1n) is 5.71. The molecule has 0 amide bonds. The van der Waals surface area contributed by atoms with Crippen LogP contribution in [0.5, 0.6) is 0 Å². The van der Waals surface area contributed by atoms with Gasteiger partial charge in [0, 0.05) is 19.2 Å². The maximum Gasteiger partial charge on any atom is 0.292 e. The molecular weight excluding hydrogens is 218 g/mol. The topological polar surface area (TPSA) is 58.4 Å². The van der Waals surface area contributed by atoms with Gasteiger partial charge in [-0.2, -0.15) is 0 Å². The maximum atomic E-state index is 11.0. The van der Waals surface area contributed by atoms with Gasteiger partial charge in [0.25, 0.3) is 5.69 Å². The van der Waals surface area contributed by atoms with E-state index in [0.29, 0.717) is 12.2 Å². The predicted molar refractivity (Wildman–Crippen MR) is 69.3 cm³/mol. The SMILES string of the molecule is CCCNc1c(CN(C)C)cccc1[N+](=O)[O-]. The summed E-state index contributed by atoms with van der Waals surface area (Å²) in [6.07, 6.45) is 0.938. The van der Waals surface area contributed by atoms with Crippen molar-refractivity contribution in [2.45, 2.75) is 19.9 Å². The smallest absolute Gasteiger partial charge is 0.292 e. The van der Waals surface area contributed by atoms with Gasteiger partial charge in [-0.15, -0.1) is 0 Å². The molecule has 0 saturated heterocycles. The average molecular weight is 237 g/mol. The van der Waals surface area contributed by atoms with Crippen LogP contribution in [0.1, 0.15) is 18.9 Å². The fraction of sp³-hybridized carbons (Fsp3) is 0.500. The third-order valence-electron chi connectivity index (χ3n) is 2.36. The summed E-state index contributed by atoms with van der Waals surface area (Å²) in [4.78, 5) is 12.6. The minimum absolute atomic E-state index is 0.151. The number of hydrogen-bond acceptors (Lipinski definition) is 4. The summed E-state index contributed by atoms with van der Waals surface area (Å²) in [5.74, 6) is 0. The molecular formula is C12H19N3O2. The first-order chi connectivity index (χ1) is 8.06. The van der Waals surface area contributed by atoms with E-state index < -0.39 is 0 Å². The lowest BCUT2D eigenvalue weighted by Crippen LogP contribution is -2.14. The molecule has 0 atom stereocenters. The molecule has 5 nitrogen and oxygen atoms in total. The highest BCUT2D eigenvalue weighted by molar-refractivity contribution is 5.66. The van der Waals surface area contributed by atoms with Gasteiger partial charge in [0.1, 0.15) is 5.69 Å². The fourth-order valence-electron chi connectivity index (χ4n) is 1.67. The Morgan fingerprint density at radius 1 is 1.41 bits per heavy atom. The Morgan fingerprint density at radius 2 is 2.12 bits per heavy atom. The van der Waals surface area contributed by atoms with E-state index in [1.54, 1.807) is 6.07 Å². The van der Waals surface area contributed by atoms with Crippen molar-refractivity contribution in [3.63, 3.8) is 0 Å². The number of nitro groups is 1. The Bertz CT molecular complexity index is 391. The molecule has 0 aliphatic heterocycles. The van der Waals surface area contributed by atoms with Gasteiger partial charge < -0.3 is 10.2 Å². The lowest BCUT2D eigenvalue weighted by molar-refractivity contribution is -0.384. The number of rotatable bonds is 6. The summed E-state index contributed by atoms with van der Waals surface area (Å²) < 4.78 is 0. The number of benzene rings is 1. The predicted octanol–water partition coefficient (Wildman–Crippen LogP) is 2.48. The third-order valence-corrected chi connectivity index (χ3v) is 2.36. The minimum Gasteiger partial charge on any atom is -0.379 e. The molecule has 0 radical (unpaired) electrons. The summed E-state index contributed by atoms with van der Waals surface area (Å²) in [7, 11) is 3.89. The van der Waals surface area contributed by atoms with Crippen LogP contribution in [0.3, 0.4) is 0 Å². The minimum atomic E-state index is -0.336. The number of anilines is 1. The molecule has 0 fully saturated rings. The lowest BCUT2D eigenvalue weighted by atomic mass is 10.1. The van der Waals surface area contributed by atoms with E-state index in [1.165, 1.54) is 6.07 Å². The lowest BCUT2D eigenvalue weighted by Gasteiger charge is -2.15. The Hall–Kier alpha value is -1.62. The Labute approximate surface area is 102 Å². The highest BCUT2D eigenvalue weighted by atomic mass is 16.6. The number of nitrogens with zero attached hydrogens (tertiary/aromatic N) is 2. The monoisotopic (exact) mass is 237 g/mol. The summed E-state index contributed by atoms with van der Waals surface area (Å²) in [6.45, 7) is 3.46. The molecule has 1 aromatic carbocycles. The number of hydrogen-bond donors (Lipinski definition) is 1. The van der Waals surface area contributed by atoms with Gasteiger partial charge in [-0.3, -0.25) is 10.1 Å². The summed E-state index contributed by atoms with van der Waals surface area (Å²) >= 11 is 0. The van der Waals surface area contributed by atoms with Crippen molar-refractivity contribution in [3.8, 4) is 0 Å². The molecule has 0 saturated carbocycles. The van der Waals surface area contributed by atoms with E-state index in [0.717, 1.165) is 18.5 Å². The van der Waals surface area contributed by atoms with Crippen LogP contribution in [0.4, 0.5) is 11.4 Å². The van der Waals surface area contributed by atoms with E-state index in [4.69, 9.17) is 0 Å². The van der Waals surface area contributed by atoms with Crippen LogP contribution < -0.4 is 5.32 Å². The van der Waals surface area contributed by atoms with E-state index in [9.17, 15) is 10.1 Å². The molecule has 17 heavy (non-hydrogen) atoms. The summed E-state index contributed by atoms with van der Waals surface area (Å²) in [5, 5.41) is 14.1. The van der Waals surface area contributed by atoms with Crippen LogP contribution in [0.15, 0.2) is 18.2 Å². The van der Waals surface area contributed by atoms with Crippen LogP contribution in [0, 0.1) is 10.1 Å². The van der Waals surface area contributed by atoms with Crippen molar-refractivity contribution in [3.05, 3.63) is 33.9 Å².